The van der Waals surface area contributed by atoms with Crippen molar-refractivity contribution >= 4 is 37.6 Å². The van der Waals surface area contributed by atoms with E-state index in [4.69, 9.17) is 19.4 Å². The zero-order chi connectivity index (χ0) is 28.5. The van der Waals surface area contributed by atoms with Gasteiger partial charge in [0.2, 0.25) is 10.0 Å². The van der Waals surface area contributed by atoms with Crippen LogP contribution in [0.3, 0.4) is 0 Å². The first-order valence-electron chi connectivity index (χ1n) is 11.5. The number of alkyl halides is 3. The third-order valence-corrected chi connectivity index (χ3v) is 7.30. The number of likely N-dealkylation sites (N-methyl/N-ethyl adjacent to an activating group) is 1. The van der Waals surface area contributed by atoms with Crippen LogP contribution in [0.1, 0.15) is 12.5 Å². The van der Waals surface area contributed by atoms with Crippen molar-refractivity contribution in [3.63, 3.8) is 0 Å². The van der Waals surface area contributed by atoms with Crippen LogP contribution in [-0.4, -0.2) is 77.1 Å². The van der Waals surface area contributed by atoms with Crippen molar-refractivity contribution in [3.8, 4) is 5.75 Å². The van der Waals surface area contributed by atoms with E-state index in [9.17, 15) is 21.6 Å². The minimum Gasteiger partial charge on any atom is -0.492 e. The summed E-state index contributed by atoms with van der Waals surface area (Å²) in [6, 6.07) is 12.7. The first-order valence-corrected chi connectivity index (χ1v) is 13.8. The maximum atomic E-state index is 13.1. The van der Waals surface area contributed by atoms with Crippen LogP contribution in [0.5, 0.6) is 5.75 Å². The fourth-order valence-electron chi connectivity index (χ4n) is 3.24. The molecular formula is C24H31BrF3N3O6S. The van der Waals surface area contributed by atoms with Gasteiger partial charge in [-0.1, -0.05) is 35.0 Å². The van der Waals surface area contributed by atoms with Crippen molar-refractivity contribution in [1.29, 1.82) is 0 Å². The van der Waals surface area contributed by atoms with E-state index in [1.54, 1.807) is 18.2 Å². The summed E-state index contributed by atoms with van der Waals surface area (Å²) in [5.41, 5.74) is 1.39. The molecule has 1 fully saturated rings. The van der Waals surface area contributed by atoms with Crippen LogP contribution in [0.2, 0.25) is 0 Å². The first kappa shape index (κ1) is 31.8. The van der Waals surface area contributed by atoms with E-state index in [1.165, 1.54) is 0 Å². The third kappa shape index (κ3) is 10.4. The maximum Gasteiger partial charge on any atom is 0.490 e. The number of rotatable bonds is 10. The average molecular weight is 626 g/mol. The SMILES string of the molecule is CC1COCC1Nc1cc(Br)ccc1S(=O)(=O)NCc1cccc(OCCN(C)C)c1.O=C(O)C(F)(F)F. The average Bonchev–Trinajstić information content (AvgIpc) is 3.22. The van der Waals surface area contributed by atoms with Crippen LogP contribution in [0, 0.1) is 5.92 Å². The molecule has 0 bridgehead atoms. The number of halogens is 4. The molecule has 38 heavy (non-hydrogen) atoms. The van der Waals surface area contributed by atoms with Gasteiger partial charge in [0.05, 0.1) is 24.9 Å². The first-order chi connectivity index (χ1) is 17.7. The molecule has 2 atom stereocenters. The number of carbonyl (C=O) groups is 1. The molecule has 1 aliphatic heterocycles. The molecule has 0 aliphatic carbocycles. The molecule has 1 heterocycles. The van der Waals surface area contributed by atoms with E-state index in [2.05, 4.69) is 32.9 Å². The Labute approximate surface area is 228 Å². The highest BCUT2D eigenvalue weighted by molar-refractivity contribution is 9.10. The summed E-state index contributed by atoms with van der Waals surface area (Å²) in [5, 5.41) is 10.5. The van der Waals surface area contributed by atoms with Crippen LogP contribution in [0.25, 0.3) is 0 Å². The van der Waals surface area contributed by atoms with Crippen molar-refractivity contribution in [3.05, 3.63) is 52.5 Å². The monoisotopic (exact) mass is 625 g/mol. The van der Waals surface area contributed by atoms with Gasteiger partial charge in [0, 0.05) is 23.5 Å². The van der Waals surface area contributed by atoms with Crippen molar-refractivity contribution in [1.82, 2.24) is 9.62 Å². The van der Waals surface area contributed by atoms with Gasteiger partial charge in [-0.2, -0.15) is 13.2 Å². The Morgan fingerprint density at radius 1 is 1.21 bits per heavy atom. The van der Waals surface area contributed by atoms with Crippen molar-refractivity contribution in [2.24, 2.45) is 5.92 Å². The number of nitrogens with zero attached hydrogens (tertiary/aromatic N) is 1. The molecule has 0 aromatic heterocycles. The number of anilines is 1. The van der Waals surface area contributed by atoms with Gasteiger partial charge in [-0.05, 0) is 50.0 Å². The number of carboxylic acids is 1. The van der Waals surface area contributed by atoms with Crippen molar-refractivity contribution in [2.45, 2.75) is 30.6 Å². The molecule has 1 aliphatic rings. The minimum atomic E-state index is -5.08. The Morgan fingerprint density at radius 2 is 1.89 bits per heavy atom. The predicted octanol–water partition coefficient (Wildman–Crippen LogP) is 3.95. The van der Waals surface area contributed by atoms with Gasteiger partial charge in [0.25, 0.3) is 0 Å². The summed E-state index contributed by atoms with van der Waals surface area (Å²) in [6.07, 6.45) is -5.08. The molecule has 0 amide bonds. The molecule has 0 radical (unpaired) electrons. The molecule has 3 rings (SSSR count). The number of sulfonamides is 1. The summed E-state index contributed by atoms with van der Waals surface area (Å²) in [7, 11) is 0.245. The lowest BCUT2D eigenvalue weighted by Gasteiger charge is -2.20. The molecule has 14 heteroatoms. The Kier molecular flexibility index (Phi) is 11.8. The summed E-state index contributed by atoms with van der Waals surface area (Å²) in [4.78, 5) is 11.2. The highest BCUT2D eigenvalue weighted by atomic mass is 79.9. The van der Waals surface area contributed by atoms with Gasteiger partial charge in [-0.3, -0.25) is 0 Å². The van der Waals surface area contributed by atoms with Gasteiger partial charge >= 0.3 is 12.1 Å². The molecule has 0 spiro atoms. The molecule has 2 aromatic carbocycles. The Balaban J connectivity index is 0.000000638. The lowest BCUT2D eigenvalue weighted by Crippen LogP contribution is -2.29. The fourth-order valence-corrected chi connectivity index (χ4v) is 4.77. The van der Waals surface area contributed by atoms with Gasteiger partial charge in [0.1, 0.15) is 17.3 Å². The molecule has 2 aromatic rings. The van der Waals surface area contributed by atoms with Gasteiger partial charge in [-0.15, -0.1) is 0 Å². The van der Waals surface area contributed by atoms with Crippen LogP contribution >= 0.6 is 15.9 Å². The van der Waals surface area contributed by atoms with Gasteiger partial charge in [-0.25, -0.2) is 17.9 Å². The number of carboxylic acid groups (broad SMARTS) is 1. The second kappa shape index (κ2) is 14.1. The molecule has 2 unspecified atom stereocenters. The summed E-state index contributed by atoms with van der Waals surface area (Å²) >= 11 is 3.44. The molecule has 1 saturated heterocycles. The van der Waals surface area contributed by atoms with Crippen LogP contribution in [-0.2, 0) is 26.1 Å². The lowest BCUT2D eigenvalue weighted by molar-refractivity contribution is -0.192. The minimum absolute atomic E-state index is 0.0687. The Bertz CT molecular complexity index is 1180. The Hall–Kier alpha value is -2.39. The molecule has 9 nitrogen and oxygen atoms in total. The standard InChI is InChI=1S/C22H30BrN3O4S.C2HF3O2/c1-16-14-29-15-21(16)25-20-12-18(23)7-8-22(20)31(27,28)24-13-17-5-4-6-19(11-17)30-10-9-26(2)3;3-2(4,5)1(6)7/h4-8,11-12,16,21,24-25H,9-10,13-15H2,1-3H3;(H,6,7). The maximum absolute atomic E-state index is 13.1. The lowest BCUT2D eigenvalue weighted by atomic mass is 10.1. The summed E-state index contributed by atoms with van der Waals surface area (Å²) in [6.45, 7) is 4.86. The fraction of sp³-hybridized carbons (Fsp3) is 0.458. The number of hydrogen-bond acceptors (Lipinski definition) is 7. The van der Waals surface area contributed by atoms with Crippen molar-refractivity contribution < 1.29 is 41.0 Å². The summed E-state index contributed by atoms with van der Waals surface area (Å²) in [5.74, 6) is -1.73. The van der Waals surface area contributed by atoms with E-state index in [0.717, 1.165) is 22.3 Å². The molecule has 212 valence electrons. The quantitative estimate of drug-likeness (QED) is 0.363. The number of nitrogens with one attached hydrogen (secondary N) is 2. The number of benzene rings is 2. The van der Waals surface area contributed by atoms with Crippen LogP contribution < -0.4 is 14.8 Å². The molecule has 0 saturated carbocycles. The second-order valence-electron chi connectivity index (χ2n) is 8.83. The zero-order valence-electron chi connectivity index (χ0n) is 21.1. The molecule has 3 N–H and O–H groups in total. The van der Waals surface area contributed by atoms with E-state index < -0.39 is 22.2 Å². The predicted molar refractivity (Wildman–Crippen MR) is 140 cm³/mol. The van der Waals surface area contributed by atoms with Gasteiger partial charge in [0.15, 0.2) is 0 Å². The van der Waals surface area contributed by atoms with E-state index in [-0.39, 0.29) is 17.5 Å². The summed E-state index contributed by atoms with van der Waals surface area (Å²) < 4.78 is 72.7. The highest BCUT2D eigenvalue weighted by Gasteiger charge is 2.38. The number of hydrogen-bond donors (Lipinski definition) is 3. The van der Waals surface area contributed by atoms with Crippen LogP contribution in [0.15, 0.2) is 51.8 Å². The number of aliphatic carboxylic acids is 1. The topological polar surface area (TPSA) is 117 Å². The molecular weight excluding hydrogens is 595 g/mol. The van der Waals surface area contributed by atoms with Gasteiger partial charge < -0.3 is 24.8 Å². The highest BCUT2D eigenvalue weighted by Crippen LogP contribution is 2.28. The smallest absolute Gasteiger partial charge is 0.490 e. The van der Waals surface area contributed by atoms with Crippen molar-refractivity contribution in [2.75, 3.05) is 45.8 Å². The van der Waals surface area contributed by atoms with Crippen LogP contribution in [0.4, 0.5) is 18.9 Å². The largest absolute Gasteiger partial charge is 0.492 e. The Morgan fingerprint density at radius 3 is 2.47 bits per heavy atom. The normalized spacial score (nSPS) is 17.6. The van der Waals surface area contributed by atoms with E-state index >= 15 is 0 Å². The van der Waals surface area contributed by atoms with E-state index in [1.807, 2.05) is 43.3 Å². The second-order valence-corrected chi connectivity index (χ2v) is 11.5. The third-order valence-electron chi connectivity index (χ3n) is 5.35. The zero-order valence-corrected chi connectivity index (χ0v) is 23.5. The van der Waals surface area contributed by atoms with E-state index in [0.29, 0.717) is 31.4 Å². The number of ether oxygens (including phenoxy) is 2.